The van der Waals surface area contributed by atoms with Crippen LogP contribution < -0.4 is 4.98 Å². The SMILES string of the molecule is CCC[Si](NCC)(C(C)C)C(C)CC. The van der Waals surface area contributed by atoms with Crippen molar-refractivity contribution in [2.75, 3.05) is 6.54 Å². The Labute approximate surface area is 91.8 Å². The summed E-state index contributed by atoms with van der Waals surface area (Å²) in [6.45, 7) is 15.3. The highest BCUT2D eigenvalue weighted by Gasteiger charge is 2.39. The predicted molar refractivity (Wildman–Crippen MR) is 69.3 cm³/mol. The van der Waals surface area contributed by atoms with Crippen LogP contribution in [0.5, 0.6) is 0 Å². The van der Waals surface area contributed by atoms with Crippen LogP contribution in [-0.4, -0.2) is 14.8 Å². The van der Waals surface area contributed by atoms with Gasteiger partial charge in [-0.15, -0.1) is 0 Å². The highest BCUT2D eigenvalue weighted by Crippen LogP contribution is 2.36. The van der Waals surface area contributed by atoms with Crippen molar-refractivity contribution in [3.05, 3.63) is 0 Å². The summed E-state index contributed by atoms with van der Waals surface area (Å²) in [4.78, 5) is 3.89. The first-order valence-electron chi connectivity index (χ1n) is 6.30. The molecule has 0 aliphatic heterocycles. The van der Waals surface area contributed by atoms with E-state index >= 15 is 0 Å². The largest absolute Gasteiger partial charge is 0.337 e. The molecule has 0 aromatic carbocycles. The molecule has 2 atom stereocenters. The van der Waals surface area contributed by atoms with E-state index in [1.165, 1.54) is 18.9 Å². The molecule has 0 amide bonds. The zero-order valence-corrected chi connectivity index (χ0v) is 12.0. The summed E-state index contributed by atoms with van der Waals surface area (Å²) in [5, 5.41) is 0. The second kappa shape index (κ2) is 6.62. The Balaban J connectivity index is 4.72. The highest BCUT2D eigenvalue weighted by atomic mass is 28.3. The van der Waals surface area contributed by atoms with Crippen molar-refractivity contribution in [2.45, 2.75) is 71.5 Å². The molecular formula is C12H29NSi. The molecule has 0 aliphatic rings. The van der Waals surface area contributed by atoms with Gasteiger partial charge in [0.15, 0.2) is 0 Å². The Kier molecular flexibility index (Phi) is 6.71. The van der Waals surface area contributed by atoms with Gasteiger partial charge in [-0.1, -0.05) is 54.4 Å². The molecule has 0 radical (unpaired) electrons. The van der Waals surface area contributed by atoms with E-state index in [-0.39, 0.29) is 0 Å². The molecule has 0 aliphatic carbocycles. The summed E-state index contributed by atoms with van der Waals surface area (Å²) in [6, 6.07) is 1.44. The van der Waals surface area contributed by atoms with Crippen LogP contribution in [0, 0.1) is 0 Å². The first-order chi connectivity index (χ1) is 6.55. The van der Waals surface area contributed by atoms with E-state index in [4.69, 9.17) is 0 Å². The maximum Gasteiger partial charge on any atom is 0.131 e. The van der Waals surface area contributed by atoms with Gasteiger partial charge in [-0.2, -0.15) is 0 Å². The Bertz CT molecular complexity index is 139. The Morgan fingerprint density at radius 3 is 1.93 bits per heavy atom. The van der Waals surface area contributed by atoms with E-state index in [0.717, 1.165) is 17.6 Å². The summed E-state index contributed by atoms with van der Waals surface area (Å²) >= 11 is 0. The Morgan fingerprint density at radius 2 is 1.64 bits per heavy atom. The van der Waals surface area contributed by atoms with Gasteiger partial charge in [0.25, 0.3) is 0 Å². The van der Waals surface area contributed by atoms with Crippen molar-refractivity contribution in [1.82, 2.24) is 4.98 Å². The monoisotopic (exact) mass is 215 g/mol. The van der Waals surface area contributed by atoms with Crippen LogP contribution in [0.15, 0.2) is 0 Å². The molecule has 0 aromatic rings. The maximum atomic E-state index is 3.89. The fourth-order valence-corrected chi connectivity index (χ4v) is 8.03. The van der Waals surface area contributed by atoms with Gasteiger partial charge in [0, 0.05) is 0 Å². The van der Waals surface area contributed by atoms with E-state index in [0.29, 0.717) is 0 Å². The van der Waals surface area contributed by atoms with Crippen LogP contribution in [0.25, 0.3) is 0 Å². The third-order valence-corrected chi connectivity index (χ3v) is 10.3. The second-order valence-corrected chi connectivity index (χ2v) is 9.86. The van der Waals surface area contributed by atoms with Crippen LogP contribution in [-0.2, 0) is 0 Å². The average Bonchev–Trinajstić information content (AvgIpc) is 2.15. The van der Waals surface area contributed by atoms with Gasteiger partial charge in [0.1, 0.15) is 8.24 Å². The van der Waals surface area contributed by atoms with Gasteiger partial charge in [0.05, 0.1) is 0 Å². The van der Waals surface area contributed by atoms with Crippen molar-refractivity contribution >= 4 is 8.24 Å². The van der Waals surface area contributed by atoms with Gasteiger partial charge in [-0.05, 0) is 23.7 Å². The molecular weight excluding hydrogens is 186 g/mol. The molecule has 0 heterocycles. The lowest BCUT2D eigenvalue weighted by atomic mass is 10.4. The van der Waals surface area contributed by atoms with Crippen molar-refractivity contribution in [2.24, 2.45) is 0 Å². The maximum absolute atomic E-state index is 3.89. The predicted octanol–water partition coefficient (Wildman–Crippen LogP) is 4.16. The smallest absolute Gasteiger partial charge is 0.131 e. The zero-order chi connectivity index (χ0) is 11.2. The number of hydrogen-bond acceptors (Lipinski definition) is 1. The van der Waals surface area contributed by atoms with Crippen LogP contribution in [0.2, 0.25) is 17.1 Å². The van der Waals surface area contributed by atoms with E-state index < -0.39 is 8.24 Å². The third kappa shape index (κ3) is 3.09. The normalized spacial score (nSPS) is 18.2. The van der Waals surface area contributed by atoms with Crippen molar-refractivity contribution in [3.8, 4) is 0 Å². The standard InChI is InChI=1S/C12H29NSi/c1-7-10-14(11(4)5,13-9-3)12(6)8-2/h11-13H,7-10H2,1-6H3. The minimum Gasteiger partial charge on any atom is -0.337 e. The minimum atomic E-state index is -1.23. The second-order valence-electron chi connectivity index (χ2n) is 4.78. The Morgan fingerprint density at radius 1 is 1.07 bits per heavy atom. The van der Waals surface area contributed by atoms with Gasteiger partial charge in [0.2, 0.25) is 0 Å². The molecule has 1 N–H and O–H groups in total. The molecule has 86 valence electrons. The van der Waals surface area contributed by atoms with Gasteiger partial charge >= 0.3 is 0 Å². The molecule has 14 heavy (non-hydrogen) atoms. The molecule has 0 saturated heterocycles. The summed E-state index contributed by atoms with van der Waals surface area (Å²) in [5.74, 6) is 0. The number of nitrogens with one attached hydrogen (secondary N) is 1. The zero-order valence-electron chi connectivity index (χ0n) is 11.0. The molecule has 2 unspecified atom stereocenters. The molecule has 0 rings (SSSR count). The molecule has 2 heteroatoms. The van der Waals surface area contributed by atoms with E-state index in [9.17, 15) is 0 Å². The van der Waals surface area contributed by atoms with Gasteiger partial charge in [-0.3, -0.25) is 0 Å². The lowest BCUT2D eigenvalue weighted by Crippen LogP contribution is -2.55. The number of hydrogen-bond donors (Lipinski definition) is 1. The van der Waals surface area contributed by atoms with Crippen molar-refractivity contribution in [1.29, 1.82) is 0 Å². The fraction of sp³-hybridized carbons (Fsp3) is 1.00. The highest BCUT2D eigenvalue weighted by molar-refractivity contribution is 6.80. The summed E-state index contributed by atoms with van der Waals surface area (Å²) < 4.78 is 0. The lowest BCUT2D eigenvalue weighted by molar-refractivity contribution is 0.722. The Hall–Kier alpha value is 0.177. The van der Waals surface area contributed by atoms with E-state index in [1.807, 2.05) is 0 Å². The molecule has 0 saturated carbocycles. The summed E-state index contributed by atoms with van der Waals surface area (Å²) in [5.41, 5.74) is 1.76. The fourth-order valence-electron chi connectivity index (χ4n) is 2.68. The van der Waals surface area contributed by atoms with Gasteiger partial charge in [-0.25, -0.2) is 0 Å². The summed E-state index contributed by atoms with van der Waals surface area (Å²) in [7, 11) is -1.23. The lowest BCUT2D eigenvalue weighted by Gasteiger charge is -2.41. The molecule has 0 bridgehead atoms. The molecule has 0 spiro atoms. The average molecular weight is 215 g/mol. The van der Waals surface area contributed by atoms with Crippen LogP contribution in [0.3, 0.4) is 0 Å². The van der Waals surface area contributed by atoms with Gasteiger partial charge < -0.3 is 4.98 Å². The topological polar surface area (TPSA) is 12.0 Å². The van der Waals surface area contributed by atoms with Crippen molar-refractivity contribution in [3.63, 3.8) is 0 Å². The quantitative estimate of drug-likeness (QED) is 0.629. The first kappa shape index (κ1) is 14.2. The van der Waals surface area contributed by atoms with Crippen molar-refractivity contribution < 1.29 is 0 Å². The van der Waals surface area contributed by atoms with Crippen LogP contribution in [0.1, 0.15) is 54.4 Å². The van der Waals surface area contributed by atoms with E-state index in [2.05, 4.69) is 46.5 Å². The first-order valence-corrected chi connectivity index (χ1v) is 8.66. The molecule has 0 aromatic heterocycles. The molecule has 1 nitrogen and oxygen atoms in total. The summed E-state index contributed by atoms with van der Waals surface area (Å²) in [6.07, 6.45) is 2.67. The van der Waals surface area contributed by atoms with Crippen LogP contribution in [0.4, 0.5) is 0 Å². The van der Waals surface area contributed by atoms with Crippen LogP contribution >= 0.6 is 0 Å². The minimum absolute atomic E-state index is 0.859. The number of rotatable bonds is 7. The van der Waals surface area contributed by atoms with E-state index in [1.54, 1.807) is 0 Å². The molecule has 0 fully saturated rings. The third-order valence-electron chi connectivity index (χ3n) is 3.69.